The zero-order valence-corrected chi connectivity index (χ0v) is 21.9. The van der Waals surface area contributed by atoms with Crippen molar-refractivity contribution >= 4 is 17.4 Å². The van der Waals surface area contributed by atoms with E-state index in [1.165, 1.54) is 17.0 Å². The summed E-state index contributed by atoms with van der Waals surface area (Å²) in [5, 5.41) is 10.5. The Balaban J connectivity index is 1.68. The predicted molar refractivity (Wildman–Crippen MR) is 139 cm³/mol. The van der Waals surface area contributed by atoms with Crippen molar-refractivity contribution in [3.8, 4) is 22.8 Å². The van der Waals surface area contributed by atoms with E-state index in [-0.39, 0.29) is 28.8 Å². The molecule has 37 heavy (non-hydrogen) atoms. The van der Waals surface area contributed by atoms with E-state index in [2.05, 4.69) is 19.9 Å². The van der Waals surface area contributed by atoms with Crippen LogP contribution in [0.4, 0.5) is 0 Å². The number of carbonyl (C=O) groups excluding carboxylic acids is 1. The van der Waals surface area contributed by atoms with E-state index in [1.807, 2.05) is 0 Å². The fourth-order valence-electron chi connectivity index (χ4n) is 3.70. The number of nitrogens with zero attached hydrogens (tertiary/aromatic N) is 5. The molecule has 1 N–H and O–H groups in total. The molecule has 4 heterocycles. The van der Waals surface area contributed by atoms with Crippen LogP contribution in [0.1, 0.15) is 47.1 Å². The van der Waals surface area contributed by atoms with E-state index in [0.29, 0.717) is 39.8 Å². The molecule has 0 aliphatic rings. The highest BCUT2D eigenvalue weighted by atomic mass is 35.5. The van der Waals surface area contributed by atoms with Crippen LogP contribution in [-0.2, 0) is 5.60 Å². The molecule has 4 aromatic rings. The fraction of sp³-hybridized carbons (Fsp3) is 0.259. The lowest BCUT2D eigenvalue weighted by Crippen LogP contribution is -2.25. The van der Waals surface area contributed by atoms with Crippen LogP contribution in [-0.4, -0.2) is 42.0 Å². The van der Waals surface area contributed by atoms with E-state index in [9.17, 15) is 14.7 Å². The SMILES string of the molecule is Cc1cccc(C(=O)COc2cc(C)n(-c3cc(-c4ccnc(C(C)(C)O)n4)ncc3Cl)c(=O)c2C)n1. The van der Waals surface area contributed by atoms with Crippen molar-refractivity contribution in [1.29, 1.82) is 0 Å². The lowest BCUT2D eigenvalue weighted by atomic mass is 10.1. The van der Waals surface area contributed by atoms with Gasteiger partial charge in [-0.2, -0.15) is 0 Å². The summed E-state index contributed by atoms with van der Waals surface area (Å²) in [7, 11) is 0. The molecular weight excluding hydrogens is 494 g/mol. The number of Topliss-reactive ketones (excluding diaryl/α,β-unsaturated/α-hetero) is 1. The van der Waals surface area contributed by atoms with Crippen LogP contribution in [0, 0.1) is 20.8 Å². The molecule has 4 aromatic heterocycles. The summed E-state index contributed by atoms with van der Waals surface area (Å²) in [4.78, 5) is 43.0. The number of hydrogen-bond donors (Lipinski definition) is 1. The second-order valence-corrected chi connectivity index (χ2v) is 9.54. The number of hydrogen-bond acceptors (Lipinski definition) is 8. The summed E-state index contributed by atoms with van der Waals surface area (Å²) in [6.45, 7) is 8.10. The van der Waals surface area contributed by atoms with Crippen molar-refractivity contribution in [2.24, 2.45) is 0 Å². The quantitative estimate of drug-likeness (QED) is 0.361. The van der Waals surface area contributed by atoms with Gasteiger partial charge in [0, 0.05) is 29.8 Å². The van der Waals surface area contributed by atoms with Gasteiger partial charge in [0.25, 0.3) is 5.56 Å². The Labute approximate surface area is 218 Å². The highest BCUT2D eigenvalue weighted by molar-refractivity contribution is 6.32. The highest BCUT2D eigenvalue weighted by Crippen LogP contribution is 2.27. The molecule has 4 rings (SSSR count). The van der Waals surface area contributed by atoms with Gasteiger partial charge in [0.1, 0.15) is 17.0 Å². The molecule has 0 spiro atoms. The number of ketones is 1. The van der Waals surface area contributed by atoms with Crippen molar-refractivity contribution < 1.29 is 14.6 Å². The highest BCUT2D eigenvalue weighted by Gasteiger charge is 2.21. The topological polar surface area (TPSA) is 120 Å². The summed E-state index contributed by atoms with van der Waals surface area (Å²) in [5.74, 6) is 0.252. The van der Waals surface area contributed by atoms with Gasteiger partial charge < -0.3 is 9.84 Å². The average Bonchev–Trinajstić information content (AvgIpc) is 2.86. The minimum Gasteiger partial charge on any atom is -0.485 e. The molecule has 10 heteroatoms. The number of aliphatic hydroxyl groups is 1. The smallest absolute Gasteiger partial charge is 0.261 e. The van der Waals surface area contributed by atoms with Crippen molar-refractivity contribution in [1.82, 2.24) is 24.5 Å². The first-order valence-corrected chi connectivity index (χ1v) is 11.9. The van der Waals surface area contributed by atoms with Crippen molar-refractivity contribution in [2.75, 3.05) is 6.61 Å². The molecule has 0 aromatic carbocycles. The van der Waals surface area contributed by atoms with E-state index < -0.39 is 5.60 Å². The number of rotatable bonds is 7. The molecule has 0 radical (unpaired) electrons. The number of aryl methyl sites for hydroxylation is 2. The lowest BCUT2D eigenvalue weighted by molar-refractivity contribution is 0.0688. The molecular formula is C27H26ClN5O4. The van der Waals surface area contributed by atoms with Gasteiger partial charge in [-0.25, -0.2) is 15.0 Å². The molecule has 0 atom stereocenters. The molecule has 0 aliphatic heterocycles. The summed E-state index contributed by atoms with van der Waals surface area (Å²) in [5.41, 5.74) is 1.64. The maximum absolute atomic E-state index is 13.4. The van der Waals surface area contributed by atoms with Crippen molar-refractivity contribution in [3.63, 3.8) is 0 Å². The maximum Gasteiger partial charge on any atom is 0.261 e. The molecule has 0 aliphatic carbocycles. The van der Waals surface area contributed by atoms with E-state index in [0.717, 1.165) is 5.69 Å². The minimum absolute atomic E-state index is 0.240. The van der Waals surface area contributed by atoms with Crippen molar-refractivity contribution in [3.05, 3.63) is 92.6 Å². The normalized spacial score (nSPS) is 11.4. The third-order valence-corrected chi connectivity index (χ3v) is 5.95. The molecule has 9 nitrogen and oxygen atoms in total. The first-order valence-electron chi connectivity index (χ1n) is 11.5. The Morgan fingerprint density at radius 2 is 1.84 bits per heavy atom. The van der Waals surface area contributed by atoms with Crippen LogP contribution < -0.4 is 10.3 Å². The maximum atomic E-state index is 13.4. The summed E-state index contributed by atoms with van der Waals surface area (Å²) in [6, 6.07) is 10.2. The molecule has 0 bridgehead atoms. The minimum atomic E-state index is -1.23. The number of ether oxygens (including phenoxy) is 1. The molecule has 0 saturated carbocycles. The third-order valence-electron chi connectivity index (χ3n) is 5.66. The first kappa shape index (κ1) is 26.1. The number of aromatic nitrogens is 5. The largest absolute Gasteiger partial charge is 0.485 e. The van der Waals surface area contributed by atoms with Crippen LogP contribution in [0.25, 0.3) is 17.1 Å². The van der Waals surface area contributed by atoms with Crippen molar-refractivity contribution in [2.45, 2.75) is 40.2 Å². The molecule has 0 amide bonds. The zero-order chi connectivity index (χ0) is 26.9. The Bertz CT molecular complexity index is 1560. The average molecular weight is 520 g/mol. The lowest BCUT2D eigenvalue weighted by Gasteiger charge is -2.17. The predicted octanol–water partition coefficient (Wildman–Crippen LogP) is 4.15. The van der Waals surface area contributed by atoms with E-state index >= 15 is 0 Å². The fourth-order valence-corrected chi connectivity index (χ4v) is 3.88. The van der Waals surface area contributed by atoms with Crippen LogP contribution in [0.2, 0.25) is 5.02 Å². The van der Waals surface area contributed by atoms with Gasteiger partial charge in [0.2, 0.25) is 5.78 Å². The monoisotopic (exact) mass is 519 g/mol. The van der Waals surface area contributed by atoms with Gasteiger partial charge in [-0.05, 0) is 58.9 Å². The first-order chi connectivity index (χ1) is 17.5. The summed E-state index contributed by atoms with van der Waals surface area (Å²) < 4.78 is 7.18. The molecule has 0 fully saturated rings. The number of pyridine rings is 3. The number of carbonyl (C=O) groups is 1. The standard InChI is InChI=1S/C27H26ClN5O4/c1-15-7-6-8-20(31-15)23(34)14-37-24-11-16(2)33(25(35)17(24)3)22-12-21(30-13-18(22)28)19-9-10-29-26(32-19)27(4,5)36/h6-13,36H,14H2,1-5H3. The number of halogens is 1. The van der Waals surface area contributed by atoms with E-state index in [1.54, 1.807) is 71.0 Å². The second kappa shape index (κ2) is 10.2. The summed E-state index contributed by atoms with van der Waals surface area (Å²) in [6.07, 6.45) is 2.98. The van der Waals surface area contributed by atoms with Gasteiger partial charge in [-0.15, -0.1) is 0 Å². The van der Waals surface area contributed by atoms with Crippen LogP contribution in [0.15, 0.2) is 53.6 Å². The Morgan fingerprint density at radius 3 is 2.54 bits per heavy atom. The zero-order valence-electron chi connectivity index (χ0n) is 21.1. The van der Waals surface area contributed by atoms with Gasteiger partial charge in [0.05, 0.1) is 27.7 Å². The van der Waals surface area contributed by atoms with Crippen LogP contribution >= 0.6 is 11.6 Å². The Hall–Kier alpha value is -3.95. The van der Waals surface area contributed by atoms with Crippen LogP contribution in [0.5, 0.6) is 5.75 Å². The second-order valence-electron chi connectivity index (χ2n) is 9.14. The van der Waals surface area contributed by atoms with Gasteiger partial charge in [0.15, 0.2) is 12.4 Å². The van der Waals surface area contributed by atoms with Gasteiger partial charge in [-0.3, -0.25) is 19.1 Å². The van der Waals surface area contributed by atoms with Gasteiger partial charge >= 0.3 is 0 Å². The van der Waals surface area contributed by atoms with Crippen LogP contribution in [0.3, 0.4) is 0 Å². The Morgan fingerprint density at radius 1 is 1.08 bits per heavy atom. The van der Waals surface area contributed by atoms with E-state index in [4.69, 9.17) is 16.3 Å². The summed E-state index contributed by atoms with van der Waals surface area (Å²) >= 11 is 6.46. The third kappa shape index (κ3) is 5.58. The molecule has 0 unspecified atom stereocenters. The van der Waals surface area contributed by atoms with Gasteiger partial charge in [-0.1, -0.05) is 17.7 Å². The Kier molecular flexibility index (Phi) is 7.20. The molecule has 0 saturated heterocycles. The molecule has 190 valence electrons.